The van der Waals surface area contributed by atoms with Crippen LogP contribution in [-0.4, -0.2) is 37.4 Å². The van der Waals surface area contributed by atoms with E-state index in [0.29, 0.717) is 0 Å². The Balaban J connectivity index is 1.85. The first kappa shape index (κ1) is 24.0. The lowest BCUT2D eigenvalue weighted by atomic mass is 9.65. The van der Waals surface area contributed by atoms with Gasteiger partial charge in [-0.2, -0.15) is 0 Å². The monoisotopic (exact) mass is 424 g/mol. The topological polar surface area (TPSA) is 32.3 Å². The number of nitrogens with zero attached hydrogens (tertiary/aromatic N) is 1. The van der Waals surface area contributed by atoms with Crippen molar-refractivity contribution in [1.82, 2.24) is 10.2 Å². The van der Waals surface area contributed by atoms with Gasteiger partial charge in [0.15, 0.2) is 0 Å². The lowest BCUT2D eigenvalue weighted by Crippen LogP contribution is -2.52. The minimum atomic E-state index is -0.0334. The van der Waals surface area contributed by atoms with E-state index in [0.717, 1.165) is 51.9 Å². The summed E-state index contributed by atoms with van der Waals surface area (Å²) in [6.45, 7) is 4.28. The van der Waals surface area contributed by atoms with Crippen LogP contribution in [0.25, 0.3) is 0 Å². The summed E-state index contributed by atoms with van der Waals surface area (Å²) in [5.74, 6) is 0.234. The van der Waals surface area contributed by atoms with Crippen molar-refractivity contribution < 1.29 is 4.79 Å². The zero-order chi connectivity index (χ0) is 21.6. The quantitative estimate of drug-likeness (QED) is 0.402. The first-order valence-corrected chi connectivity index (χ1v) is 12.9. The summed E-state index contributed by atoms with van der Waals surface area (Å²) < 4.78 is 0. The van der Waals surface area contributed by atoms with Crippen molar-refractivity contribution >= 4 is 6.29 Å². The fraction of sp³-hybridized carbons (Fsp3) is 0.679. The van der Waals surface area contributed by atoms with Gasteiger partial charge in [-0.25, -0.2) is 0 Å². The van der Waals surface area contributed by atoms with Gasteiger partial charge in [-0.15, -0.1) is 0 Å². The second kappa shape index (κ2) is 13.7. The molecule has 0 saturated heterocycles. The van der Waals surface area contributed by atoms with Gasteiger partial charge in [-0.1, -0.05) is 55.4 Å². The smallest absolute Gasteiger partial charge is 0.127 e. The maximum Gasteiger partial charge on any atom is 0.127 e. The molecule has 1 unspecified atom stereocenters. The molecular weight excluding hydrogens is 380 g/mol. The molecule has 0 radical (unpaired) electrons. The molecule has 0 aromatic carbocycles. The van der Waals surface area contributed by atoms with E-state index in [1.807, 2.05) is 0 Å². The summed E-state index contributed by atoms with van der Waals surface area (Å²) in [6.07, 6.45) is 34.2. The molecule has 1 N–H and O–H groups in total. The van der Waals surface area contributed by atoms with E-state index in [-0.39, 0.29) is 17.3 Å². The van der Waals surface area contributed by atoms with Crippen molar-refractivity contribution in [3.05, 3.63) is 48.7 Å². The number of aldehydes is 1. The molecule has 0 aromatic heterocycles. The van der Waals surface area contributed by atoms with E-state index in [2.05, 4.69) is 58.9 Å². The number of nitrogens with one attached hydrogen (secondary N) is 1. The molecule has 3 nitrogen and oxygen atoms in total. The Morgan fingerprint density at radius 2 is 1.55 bits per heavy atom. The number of carbonyl (C=O) groups excluding carboxylic acids is 1. The van der Waals surface area contributed by atoms with Gasteiger partial charge < -0.3 is 15.0 Å². The minimum Gasteiger partial charge on any atom is -0.377 e. The molecular formula is C28H44N2O. The van der Waals surface area contributed by atoms with Crippen molar-refractivity contribution in [3.63, 3.8) is 0 Å². The Hall–Kier alpha value is -1.61. The van der Waals surface area contributed by atoms with Crippen LogP contribution in [0.5, 0.6) is 0 Å². The number of hydrogen-bond acceptors (Lipinski definition) is 3. The average Bonchev–Trinajstić information content (AvgIpc) is 2.79. The maximum atomic E-state index is 12.2. The van der Waals surface area contributed by atoms with E-state index in [4.69, 9.17) is 0 Å². The van der Waals surface area contributed by atoms with E-state index in [1.54, 1.807) is 0 Å². The van der Waals surface area contributed by atoms with Crippen molar-refractivity contribution in [3.8, 4) is 0 Å². The lowest BCUT2D eigenvalue weighted by molar-refractivity contribution is -0.112. The van der Waals surface area contributed by atoms with Gasteiger partial charge in [0.25, 0.3) is 0 Å². The standard InChI is InChI=1S/C28H44N2O/c31-23-26-17-13-9-5-1-4-8-12-16-21-30-22-18-27(26)28(25-30)19-14-10-6-2-3-7-11-15-20-29-24-28/h1,4,6,10,13,17-18,22-23,26-27,29H,2-3,5,7-9,11-12,14-16,19-21,24-25H2/b4-1-,10-6+,17-13-/t26?,27-,28-/m0/s1. The highest BCUT2D eigenvalue weighted by Gasteiger charge is 2.43. The zero-order valence-corrected chi connectivity index (χ0v) is 19.5. The van der Waals surface area contributed by atoms with E-state index in [1.165, 1.54) is 57.7 Å². The highest BCUT2D eigenvalue weighted by atomic mass is 16.1. The predicted molar refractivity (Wildman–Crippen MR) is 132 cm³/mol. The van der Waals surface area contributed by atoms with E-state index >= 15 is 0 Å². The third kappa shape index (κ3) is 7.79. The predicted octanol–water partition coefficient (Wildman–Crippen LogP) is 6.20. The largest absolute Gasteiger partial charge is 0.377 e. The SMILES string of the molecule is O=CC1/C=C\CC/C=C\CCCCN2C=C[C@@H]1[C@]1(CC/C=C/CCCCCCNC1)C2. The molecule has 3 heteroatoms. The fourth-order valence-electron chi connectivity index (χ4n) is 5.50. The van der Waals surface area contributed by atoms with Crippen LogP contribution >= 0.6 is 0 Å². The van der Waals surface area contributed by atoms with Crippen LogP contribution in [0.15, 0.2) is 48.7 Å². The zero-order valence-electron chi connectivity index (χ0n) is 19.5. The third-order valence-electron chi connectivity index (χ3n) is 7.32. The van der Waals surface area contributed by atoms with Crippen molar-refractivity contribution in [1.29, 1.82) is 0 Å². The molecule has 4 aliphatic heterocycles. The Kier molecular flexibility index (Phi) is 10.6. The molecule has 1 spiro atoms. The molecule has 2 bridgehead atoms. The van der Waals surface area contributed by atoms with Crippen LogP contribution in [0.1, 0.15) is 77.0 Å². The summed E-state index contributed by atoms with van der Waals surface area (Å²) in [4.78, 5) is 14.8. The van der Waals surface area contributed by atoms with Gasteiger partial charge in [0.05, 0.1) is 0 Å². The molecule has 0 fully saturated rings. The lowest BCUT2D eigenvalue weighted by Gasteiger charge is -2.48. The van der Waals surface area contributed by atoms with Gasteiger partial charge in [-0.3, -0.25) is 0 Å². The molecule has 4 heterocycles. The molecule has 172 valence electrons. The molecule has 0 aromatic rings. The van der Waals surface area contributed by atoms with Gasteiger partial charge in [0.1, 0.15) is 6.29 Å². The first-order chi connectivity index (χ1) is 15.3. The Morgan fingerprint density at radius 3 is 2.42 bits per heavy atom. The Bertz CT molecular complexity index is 635. The third-order valence-corrected chi connectivity index (χ3v) is 7.32. The van der Waals surface area contributed by atoms with E-state index < -0.39 is 0 Å². The van der Waals surface area contributed by atoms with Gasteiger partial charge in [-0.05, 0) is 82.9 Å². The molecule has 4 rings (SSSR count). The summed E-state index contributed by atoms with van der Waals surface area (Å²) in [5.41, 5.74) is 0.0987. The number of rotatable bonds is 1. The first-order valence-electron chi connectivity index (χ1n) is 12.9. The van der Waals surface area contributed by atoms with E-state index in [9.17, 15) is 4.79 Å². The second-order valence-electron chi connectivity index (χ2n) is 9.78. The van der Waals surface area contributed by atoms with Crippen LogP contribution < -0.4 is 5.32 Å². The number of carbonyl (C=O) groups is 1. The normalized spacial score (nSPS) is 35.0. The molecule has 31 heavy (non-hydrogen) atoms. The summed E-state index contributed by atoms with van der Waals surface area (Å²) >= 11 is 0. The molecule has 4 aliphatic rings. The molecule has 3 atom stereocenters. The van der Waals surface area contributed by atoms with Crippen LogP contribution in [0, 0.1) is 17.3 Å². The van der Waals surface area contributed by atoms with Crippen molar-refractivity contribution in [2.75, 3.05) is 26.2 Å². The van der Waals surface area contributed by atoms with Gasteiger partial charge >= 0.3 is 0 Å². The van der Waals surface area contributed by atoms with Crippen molar-refractivity contribution in [2.45, 2.75) is 77.0 Å². The van der Waals surface area contributed by atoms with Crippen LogP contribution in [0.4, 0.5) is 0 Å². The van der Waals surface area contributed by atoms with Crippen LogP contribution in [0.2, 0.25) is 0 Å². The number of fused-ring (bicyclic) bond motifs is 8. The van der Waals surface area contributed by atoms with Crippen molar-refractivity contribution in [2.24, 2.45) is 17.3 Å². The summed E-state index contributed by atoms with van der Waals surface area (Å²) in [6, 6.07) is 0. The second-order valence-corrected chi connectivity index (χ2v) is 9.78. The summed E-state index contributed by atoms with van der Waals surface area (Å²) in [5, 5.41) is 3.82. The highest BCUT2D eigenvalue weighted by Crippen LogP contribution is 2.42. The maximum absolute atomic E-state index is 12.2. The van der Waals surface area contributed by atoms with Crippen LogP contribution in [0.3, 0.4) is 0 Å². The number of allylic oxidation sites excluding steroid dienone is 7. The molecule has 0 amide bonds. The van der Waals surface area contributed by atoms with Crippen LogP contribution in [-0.2, 0) is 4.79 Å². The summed E-state index contributed by atoms with van der Waals surface area (Å²) in [7, 11) is 0. The fourth-order valence-corrected chi connectivity index (χ4v) is 5.50. The highest BCUT2D eigenvalue weighted by molar-refractivity contribution is 5.58. The minimum absolute atomic E-state index is 0.0334. The average molecular weight is 425 g/mol. The molecule has 0 aliphatic carbocycles. The molecule has 0 saturated carbocycles. The Morgan fingerprint density at radius 1 is 0.806 bits per heavy atom. The Labute approximate surface area is 190 Å². The van der Waals surface area contributed by atoms with Gasteiger partial charge in [0, 0.05) is 31.0 Å². The van der Waals surface area contributed by atoms with Gasteiger partial charge in [0.2, 0.25) is 0 Å². The number of hydrogen-bond donors (Lipinski definition) is 1.